The summed E-state index contributed by atoms with van der Waals surface area (Å²) >= 11 is 0. The van der Waals surface area contributed by atoms with Crippen LogP contribution in [-0.2, 0) is 18.6 Å². The van der Waals surface area contributed by atoms with Crippen molar-refractivity contribution in [2.45, 2.75) is 51.2 Å². The number of rotatable bonds is 7. The van der Waals surface area contributed by atoms with Crippen molar-refractivity contribution in [1.29, 1.82) is 0 Å². The molecule has 1 saturated carbocycles. The number of ether oxygens (including phenoxy) is 1. The van der Waals surface area contributed by atoms with Gasteiger partial charge < -0.3 is 19.7 Å². The topological polar surface area (TPSA) is 46.4 Å². The number of aromatic nitrogens is 1. The van der Waals surface area contributed by atoms with Gasteiger partial charge in [0, 0.05) is 35.2 Å². The van der Waals surface area contributed by atoms with Gasteiger partial charge in [-0.3, -0.25) is 0 Å². The first kappa shape index (κ1) is 19.0. The zero-order chi connectivity index (χ0) is 19.6. The molecule has 0 unspecified atom stereocenters. The summed E-state index contributed by atoms with van der Waals surface area (Å²) in [5, 5.41) is 14.7. The Labute approximate surface area is 167 Å². The molecular weight excluding hydrogens is 348 g/mol. The molecule has 3 aromatic rings. The standard InChI is InChI=1S/C24H30N2O2/c1-18-22(21-7-3-4-8-23(21)26(18)15-16-27)17-25-24(13-5-6-14-24)19-9-11-20(28-2)12-10-19/h3-4,7-12,25,27H,5-6,13-17H2,1-2H3. The lowest BCUT2D eigenvalue weighted by Gasteiger charge is -2.31. The van der Waals surface area contributed by atoms with Crippen LogP contribution in [0.25, 0.3) is 10.9 Å². The highest BCUT2D eigenvalue weighted by molar-refractivity contribution is 5.85. The van der Waals surface area contributed by atoms with E-state index in [0.29, 0.717) is 6.54 Å². The van der Waals surface area contributed by atoms with E-state index in [9.17, 15) is 5.11 Å². The van der Waals surface area contributed by atoms with Crippen LogP contribution in [0.2, 0.25) is 0 Å². The lowest BCUT2D eigenvalue weighted by molar-refractivity contribution is 0.277. The van der Waals surface area contributed by atoms with Crippen LogP contribution in [0.4, 0.5) is 0 Å². The van der Waals surface area contributed by atoms with Gasteiger partial charge in [0.15, 0.2) is 0 Å². The smallest absolute Gasteiger partial charge is 0.118 e. The number of fused-ring (bicyclic) bond motifs is 1. The molecule has 4 nitrogen and oxygen atoms in total. The summed E-state index contributed by atoms with van der Waals surface area (Å²) in [6.07, 6.45) is 4.83. The molecule has 1 aliphatic rings. The molecule has 2 N–H and O–H groups in total. The molecule has 4 heteroatoms. The Balaban J connectivity index is 1.66. The van der Waals surface area contributed by atoms with Crippen molar-refractivity contribution in [3.05, 3.63) is 65.4 Å². The predicted molar refractivity (Wildman–Crippen MR) is 114 cm³/mol. The van der Waals surface area contributed by atoms with Crippen LogP contribution in [0.5, 0.6) is 5.75 Å². The Kier molecular flexibility index (Phi) is 5.42. The number of aliphatic hydroxyl groups is 1. The molecule has 1 heterocycles. The molecule has 1 aliphatic carbocycles. The number of hydrogen-bond acceptors (Lipinski definition) is 3. The summed E-state index contributed by atoms with van der Waals surface area (Å²) in [7, 11) is 1.71. The Hall–Kier alpha value is -2.30. The van der Waals surface area contributed by atoms with E-state index in [1.54, 1.807) is 7.11 Å². The average Bonchev–Trinajstić information content (AvgIpc) is 3.31. The van der Waals surface area contributed by atoms with E-state index >= 15 is 0 Å². The van der Waals surface area contributed by atoms with E-state index in [2.05, 4.69) is 65.3 Å². The van der Waals surface area contributed by atoms with E-state index in [-0.39, 0.29) is 12.1 Å². The van der Waals surface area contributed by atoms with Crippen LogP contribution in [0, 0.1) is 6.92 Å². The van der Waals surface area contributed by atoms with Crippen LogP contribution in [0.1, 0.15) is 42.5 Å². The predicted octanol–water partition coefficient (Wildman–Crippen LogP) is 4.51. The van der Waals surface area contributed by atoms with Crippen LogP contribution in [0.3, 0.4) is 0 Å². The molecule has 0 aliphatic heterocycles. The molecule has 0 radical (unpaired) electrons. The highest BCUT2D eigenvalue weighted by atomic mass is 16.5. The Morgan fingerprint density at radius 1 is 1.07 bits per heavy atom. The Bertz CT molecular complexity index is 937. The molecule has 1 fully saturated rings. The van der Waals surface area contributed by atoms with Crippen LogP contribution >= 0.6 is 0 Å². The maximum absolute atomic E-state index is 9.50. The highest BCUT2D eigenvalue weighted by Crippen LogP contribution is 2.40. The average molecular weight is 379 g/mol. The zero-order valence-corrected chi connectivity index (χ0v) is 16.9. The molecule has 0 spiro atoms. The number of aliphatic hydroxyl groups excluding tert-OH is 1. The number of methoxy groups -OCH3 is 1. The normalized spacial score (nSPS) is 16.0. The summed E-state index contributed by atoms with van der Waals surface area (Å²) < 4.78 is 7.58. The Morgan fingerprint density at radius 2 is 1.79 bits per heavy atom. The first-order chi connectivity index (χ1) is 13.7. The van der Waals surface area contributed by atoms with E-state index in [4.69, 9.17) is 4.74 Å². The fraction of sp³-hybridized carbons (Fsp3) is 0.417. The molecule has 148 valence electrons. The van der Waals surface area contributed by atoms with Gasteiger partial charge in [-0.15, -0.1) is 0 Å². The number of nitrogens with one attached hydrogen (secondary N) is 1. The summed E-state index contributed by atoms with van der Waals surface area (Å²) in [5.74, 6) is 0.903. The van der Waals surface area contributed by atoms with Crippen molar-refractivity contribution in [3.63, 3.8) is 0 Å². The van der Waals surface area contributed by atoms with Crippen molar-refractivity contribution in [2.24, 2.45) is 0 Å². The molecule has 2 aromatic carbocycles. The van der Waals surface area contributed by atoms with Gasteiger partial charge in [-0.25, -0.2) is 0 Å². The lowest BCUT2D eigenvalue weighted by Crippen LogP contribution is -2.39. The van der Waals surface area contributed by atoms with Gasteiger partial charge in [-0.2, -0.15) is 0 Å². The SMILES string of the molecule is COc1ccc(C2(NCc3c(C)n(CCO)c4ccccc34)CCCC2)cc1. The quantitative estimate of drug-likeness (QED) is 0.636. The number of nitrogens with zero attached hydrogens (tertiary/aromatic N) is 1. The monoisotopic (exact) mass is 378 g/mol. The molecule has 0 saturated heterocycles. The first-order valence-corrected chi connectivity index (χ1v) is 10.3. The minimum Gasteiger partial charge on any atom is -0.497 e. The van der Waals surface area contributed by atoms with Crippen molar-refractivity contribution in [3.8, 4) is 5.75 Å². The van der Waals surface area contributed by atoms with Crippen molar-refractivity contribution < 1.29 is 9.84 Å². The van der Waals surface area contributed by atoms with Gasteiger partial charge in [-0.05, 0) is 49.1 Å². The van der Waals surface area contributed by atoms with E-state index < -0.39 is 0 Å². The summed E-state index contributed by atoms with van der Waals surface area (Å²) in [5.41, 5.74) is 5.16. The lowest BCUT2D eigenvalue weighted by atomic mass is 9.87. The van der Waals surface area contributed by atoms with Crippen molar-refractivity contribution >= 4 is 10.9 Å². The van der Waals surface area contributed by atoms with E-state index in [1.165, 1.54) is 40.6 Å². The van der Waals surface area contributed by atoms with E-state index in [0.717, 1.165) is 25.1 Å². The van der Waals surface area contributed by atoms with E-state index in [1.807, 2.05) is 0 Å². The molecule has 1 aromatic heterocycles. The Morgan fingerprint density at radius 3 is 2.46 bits per heavy atom. The summed E-state index contributed by atoms with van der Waals surface area (Å²) in [6, 6.07) is 17.1. The summed E-state index contributed by atoms with van der Waals surface area (Å²) in [4.78, 5) is 0. The second-order valence-corrected chi connectivity index (χ2v) is 7.83. The minimum absolute atomic E-state index is 0.0267. The maximum Gasteiger partial charge on any atom is 0.118 e. The van der Waals surface area contributed by atoms with Crippen LogP contribution < -0.4 is 10.1 Å². The third kappa shape index (κ3) is 3.31. The maximum atomic E-state index is 9.50. The number of benzene rings is 2. The second kappa shape index (κ2) is 7.98. The molecular formula is C24H30N2O2. The zero-order valence-electron chi connectivity index (χ0n) is 16.9. The fourth-order valence-corrected chi connectivity index (χ4v) is 4.83. The van der Waals surface area contributed by atoms with Gasteiger partial charge in [0.2, 0.25) is 0 Å². The van der Waals surface area contributed by atoms with Gasteiger partial charge in [0.25, 0.3) is 0 Å². The molecule has 0 atom stereocenters. The largest absolute Gasteiger partial charge is 0.497 e. The third-order valence-electron chi connectivity index (χ3n) is 6.39. The van der Waals surface area contributed by atoms with Gasteiger partial charge in [0.1, 0.15) is 5.75 Å². The second-order valence-electron chi connectivity index (χ2n) is 7.83. The fourth-order valence-electron chi connectivity index (χ4n) is 4.83. The van der Waals surface area contributed by atoms with Gasteiger partial charge >= 0.3 is 0 Å². The van der Waals surface area contributed by atoms with Crippen LogP contribution in [-0.4, -0.2) is 23.4 Å². The van der Waals surface area contributed by atoms with Gasteiger partial charge in [-0.1, -0.05) is 43.2 Å². The molecule has 4 rings (SSSR count). The van der Waals surface area contributed by atoms with Crippen LogP contribution in [0.15, 0.2) is 48.5 Å². The van der Waals surface area contributed by atoms with Crippen molar-refractivity contribution in [1.82, 2.24) is 9.88 Å². The molecule has 0 amide bonds. The first-order valence-electron chi connectivity index (χ1n) is 10.3. The number of hydrogen-bond donors (Lipinski definition) is 2. The van der Waals surface area contributed by atoms with Crippen molar-refractivity contribution in [2.75, 3.05) is 13.7 Å². The molecule has 0 bridgehead atoms. The minimum atomic E-state index is 0.0267. The van der Waals surface area contributed by atoms with Gasteiger partial charge in [0.05, 0.1) is 13.7 Å². The number of para-hydroxylation sites is 1. The highest BCUT2D eigenvalue weighted by Gasteiger charge is 2.35. The molecule has 28 heavy (non-hydrogen) atoms. The summed E-state index contributed by atoms with van der Waals surface area (Å²) in [6.45, 7) is 3.79. The third-order valence-corrected chi connectivity index (χ3v) is 6.39.